The van der Waals surface area contributed by atoms with Gasteiger partial charge in [-0.15, -0.1) is 0 Å². The SMILES string of the molecule is NC(=NC(=O)C(F)(F)F)c1ccc2c(c1)C(=O)N([C@@H]1CCCCC1NC(=O)C1CC1F)C2. The fraction of sp³-hybridized carbons (Fsp3) is 0.524. The van der Waals surface area contributed by atoms with Crippen LogP contribution in [0.25, 0.3) is 0 Å². The molecule has 3 aliphatic rings. The molecular formula is C21H22F4N4O3. The number of benzene rings is 1. The number of alkyl halides is 4. The summed E-state index contributed by atoms with van der Waals surface area (Å²) in [6, 6.07) is 3.74. The molecule has 1 aliphatic heterocycles. The summed E-state index contributed by atoms with van der Waals surface area (Å²) in [6.07, 6.45) is -2.93. The lowest BCUT2D eigenvalue weighted by atomic mass is 9.89. The Morgan fingerprint density at radius 1 is 1.19 bits per heavy atom. The molecule has 3 unspecified atom stereocenters. The van der Waals surface area contributed by atoms with Gasteiger partial charge in [0.05, 0.1) is 12.0 Å². The highest BCUT2D eigenvalue weighted by Crippen LogP contribution is 2.36. The first-order valence-electron chi connectivity index (χ1n) is 10.4. The Kier molecular flexibility index (Phi) is 5.68. The molecule has 32 heavy (non-hydrogen) atoms. The summed E-state index contributed by atoms with van der Waals surface area (Å²) in [5, 5.41) is 2.89. The number of rotatable bonds is 4. The van der Waals surface area contributed by atoms with Crippen molar-refractivity contribution in [3.63, 3.8) is 0 Å². The number of aliphatic imine (C=N–C) groups is 1. The topological polar surface area (TPSA) is 105 Å². The number of hydrogen-bond donors (Lipinski definition) is 2. The van der Waals surface area contributed by atoms with Crippen LogP contribution in [-0.4, -0.2) is 52.9 Å². The molecule has 4 rings (SSSR count). The number of hydrogen-bond acceptors (Lipinski definition) is 3. The van der Waals surface area contributed by atoms with E-state index in [0.717, 1.165) is 12.8 Å². The minimum Gasteiger partial charge on any atom is -0.383 e. The number of amides is 3. The normalized spacial score (nSPS) is 27.8. The van der Waals surface area contributed by atoms with Crippen molar-refractivity contribution in [3.8, 4) is 0 Å². The Morgan fingerprint density at radius 2 is 1.88 bits per heavy atom. The van der Waals surface area contributed by atoms with Gasteiger partial charge in [0.25, 0.3) is 5.91 Å². The molecular weight excluding hydrogens is 432 g/mol. The lowest BCUT2D eigenvalue weighted by molar-refractivity contribution is -0.169. The quantitative estimate of drug-likeness (QED) is 0.414. The Hall–Kier alpha value is -2.98. The van der Waals surface area contributed by atoms with Gasteiger partial charge in [0, 0.05) is 23.7 Å². The summed E-state index contributed by atoms with van der Waals surface area (Å²) in [6.45, 7) is 0.277. The lowest BCUT2D eigenvalue weighted by Crippen LogP contribution is -2.53. The second-order valence-corrected chi connectivity index (χ2v) is 8.43. The molecule has 0 radical (unpaired) electrons. The van der Waals surface area contributed by atoms with Crippen molar-refractivity contribution in [1.29, 1.82) is 0 Å². The second kappa shape index (κ2) is 8.18. The molecule has 3 N–H and O–H groups in total. The van der Waals surface area contributed by atoms with E-state index in [-0.39, 0.29) is 48.0 Å². The van der Waals surface area contributed by atoms with E-state index in [1.54, 1.807) is 11.0 Å². The summed E-state index contributed by atoms with van der Waals surface area (Å²) < 4.78 is 50.6. The van der Waals surface area contributed by atoms with Crippen LogP contribution in [0, 0.1) is 5.92 Å². The van der Waals surface area contributed by atoms with E-state index in [1.165, 1.54) is 12.1 Å². The number of nitrogens with two attached hydrogens (primary N) is 1. The third-order valence-electron chi connectivity index (χ3n) is 6.21. The molecule has 0 aromatic heterocycles. The molecule has 1 aromatic rings. The van der Waals surface area contributed by atoms with Crippen molar-refractivity contribution in [2.45, 2.75) is 63.1 Å². The van der Waals surface area contributed by atoms with Gasteiger partial charge in [0.1, 0.15) is 12.0 Å². The number of carbonyl (C=O) groups is 3. The average Bonchev–Trinajstić information content (AvgIpc) is 3.39. The molecule has 3 amide bonds. The summed E-state index contributed by atoms with van der Waals surface area (Å²) >= 11 is 0. The molecule has 0 bridgehead atoms. The molecule has 0 spiro atoms. The monoisotopic (exact) mass is 454 g/mol. The van der Waals surface area contributed by atoms with Gasteiger partial charge in [-0.1, -0.05) is 25.0 Å². The Labute approximate surface area is 181 Å². The average molecular weight is 454 g/mol. The first-order valence-corrected chi connectivity index (χ1v) is 10.4. The van der Waals surface area contributed by atoms with Crippen molar-refractivity contribution in [1.82, 2.24) is 10.2 Å². The van der Waals surface area contributed by atoms with E-state index in [2.05, 4.69) is 10.3 Å². The van der Waals surface area contributed by atoms with Gasteiger partial charge in [0.15, 0.2) is 0 Å². The second-order valence-electron chi connectivity index (χ2n) is 8.43. The third kappa shape index (κ3) is 4.33. The van der Waals surface area contributed by atoms with Gasteiger partial charge in [0.2, 0.25) is 5.91 Å². The van der Waals surface area contributed by atoms with Crippen LogP contribution in [-0.2, 0) is 16.1 Å². The van der Waals surface area contributed by atoms with E-state index in [9.17, 15) is 31.9 Å². The van der Waals surface area contributed by atoms with Gasteiger partial charge in [-0.05, 0) is 30.9 Å². The van der Waals surface area contributed by atoms with Crippen LogP contribution < -0.4 is 11.1 Å². The number of nitrogens with zero attached hydrogens (tertiary/aromatic N) is 2. The molecule has 2 aliphatic carbocycles. The van der Waals surface area contributed by atoms with E-state index >= 15 is 0 Å². The fourth-order valence-electron chi connectivity index (χ4n) is 4.37. The molecule has 2 saturated carbocycles. The van der Waals surface area contributed by atoms with Gasteiger partial charge in [-0.2, -0.15) is 18.2 Å². The first kappa shape index (κ1) is 22.2. The minimum atomic E-state index is -5.14. The summed E-state index contributed by atoms with van der Waals surface area (Å²) in [4.78, 5) is 40.9. The van der Waals surface area contributed by atoms with E-state index in [4.69, 9.17) is 5.73 Å². The van der Waals surface area contributed by atoms with Gasteiger partial charge in [-0.3, -0.25) is 14.4 Å². The predicted octanol–water partition coefficient (Wildman–Crippen LogP) is 2.22. The molecule has 172 valence electrons. The van der Waals surface area contributed by atoms with E-state index in [1.807, 2.05) is 0 Å². The Morgan fingerprint density at radius 3 is 2.53 bits per heavy atom. The smallest absolute Gasteiger partial charge is 0.383 e. The number of halogens is 4. The van der Waals surface area contributed by atoms with Crippen molar-refractivity contribution >= 4 is 23.6 Å². The highest BCUT2D eigenvalue weighted by atomic mass is 19.4. The highest BCUT2D eigenvalue weighted by Gasteiger charge is 2.46. The zero-order chi connectivity index (χ0) is 23.2. The van der Waals surface area contributed by atoms with Crippen molar-refractivity contribution in [3.05, 3.63) is 34.9 Å². The maximum absolute atomic E-state index is 13.2. The molecule has 0 saturated heterocycles. The highest BCUT2D eigenvalue weighted by molar-refractivity contribution is 6.07. The first-order chi connectivity index (χ1) is 15.1. The predicted molar refractivity (Wildman–Crippen MR) is 105 cm³/mol. The van der Waals surface area contributed by atoms with E-state index < -0.39 is 30.0 Å². The Bertz CT molecular complexity index is 994. The number of amidine groups is 1. The van der Waals surface area contributed by atoms with Crippen LogP contribution in [0.3, 0.4) is 0 Å². The van der Waals surface area contributed by atoms with Crippen LogP contribution in [0.4, 0.5) is 17.6 Å². The van der Waals surface area contributed by atoms with Crippen LogP contribution in [0.1, 0.15) is 53.6 Å². The number of nitrogens with one attached hydrogen (secondary N) is 1. The van der Waals surface area contributed by atoms with Crippen LogP contribution in [0.15, 0.2) is 23.2 Å². The van der Waals surface area contributed by atoms with Crippen molar-refractivity contribution in [2.24, 2.45) is 16.6 Å². The Balaban J connectivity index is 1.51. The third-order valence-corrected chi connectivity index (χ3v) is 6.21. The summed E-state index contributed by atoms with van der Waals surface area (Å²) in [5.41, 5.74) is 6.52. The summed E-state index contributed by atoms with van der Waals surface area (Å²) in [7, 11) is 0. The van der Waals surface area contributed by atoms with Gasteiger partial charge < -0.3 is 16.0 Å². The van der Waals surface area contributed by atoms with Gasteiger partial charge >= 0.3 is 12.1 Å². The van der Waals surface area contributed by atoms with Crippen LogP contribution in [0.5, 0.6) is 0 Å². The minimum absolute atomic E-state index is 0.0350. The number of carbonyl (C=O) groups excluding carboxylic acids is 3. The fourth-order valence-corrected chi connectivity index (χ4v) is 4.37. The van der Waals surface area contributed by atoms with E-state index in [0.29, 0.717) is 18.4 Å². The zero-order valence-electron chi connectivity index (χ0n) is 17.0. The maximum Gasteiger partial charge on any atom is 0.473 e. The van der Waals surface area contributed by atoms with Crippen LogP contribution >= 0.6 is 0 Å². The molecule has 1 aromatic carbocycles. The molecule has 2 fully saturated rings. The molecule has 1 heterocycles. The standard InChI is InChI=1S/C21H22F4N4O3/c22-14-8-13(14)18(30)27-15-3-1-2-4-16(15)29-9-11-6-5-10(7-12(11)19(29)31)17(26)28-20(32)21(23,24)25/h5-7,13-16H,1-4,8-9H2,(H,27,30)(H2,26,28,32)/t13?,14?,15?,16-/m1/s1. The molecule has 7 nitrogen and oxygen atoms in total. The lowest BCUT2D eigenvalue weighted by Gasteiger charge is -2.38. The van der Waals surface area contributed by atoms with Crippen molar-refractivity contribution in [2.75, 3.05) is 0 Å². The molecule has 11 heteroatoms. The largest absolute Gasteiger partial charge is 0.473 e. The zero-order valence-corrected chi connectivity index (χ0v) is 17.0. The number of fused-ring (bicyclic) bond motifs is 1. The van der Waals surface area contributed by atoms with Crippen LogP contribution in [0.2, 0.25) is 0 Å². The van der Waals surface area contributed by atoms with Gasteiger partial charge in [-0.25, -0.2) is 4.39 Å². The van der Waals surface area contributed by atoms with Crippen molar-refractivity contribution < 1.29 is 31.9 Å². The molecule has 4 atom stereocenters. The maximum atomic E-state index is 13.2. The summed E-state index contributed by atoms with van der Waals surface area (Å²) in [5.74, 6) is -4.24.